The quantitative estimate of drug-likeness (QED) is 0.179. The van der Waals surface area contributed by atoms with Gasteiger partial charge in [-0.05, 0) is 24.7 Å². The van der Waals surface area contributed by atoms with Crippen molar-refractivity contribution in [2.24, 2.45) is 11.8 Å². The number of likely N-dealkylation sites (N-methyl/N-ethyl adjacent to an activating group) is 1. The summed E-state index contributed by atoms with van der Waals surface area (Å²) in [6.45, 7) is 7.12. The fourth-order valence-electron chi connectivity index (χ4n) is 3.90. The lowest BCUT2D eigenvalue weighted by Crippen LogP contribution is -2.19. The first-order valence-electron chi connectivity index (χ1n) is 11.1. The molecule has 0 aromatic carbocycles. The number of aliphatic hydroxyl groups excluding tert-OH is 1. The summed E-state index contributed by atoms with van der Waals surface area (Å²) in [5.41, 5.74) is 0.0139. The Morgan fingerprint density at radius 1 is 0.963 bits per heavy atom. The minimum absolute atomic E-state index is 0.0131. The molecule has 4 heteroatoms. The number of hydrogen-bond acceptors (Lipinski definition) is 3. The summed E-state index contributed by atoms with van der Waals surface area (Å²) in [5, 5.41) is 10.0. The highest BCUT2D eigenvalue weighted by molar-refractivity contribution is 6.25. The van der Waals surface area contributed by atoms with E-state index >= 15 is 0 Å². The molecule has 1 N–H and O–H groups in total. The molecule has 156 valence electrons. The fourth-order valence-corrected chi connectivity index (χ4v) is 3.90. The first-order chi connectivity index (χ1) is 12.9. The normalized spacial score (nSPS) is 18.9. The molecule has 1 aliphatic heterocycles. The van der Waals surface area contributed by atoms with Crippen molar-refractivity contribution in [1.29, 1.82) is 0 Å². The van der Waals surface area contributed by atoms with Crippen molar-refractivity contribution >= 4 is 11.7 Å². The molecule has 1 heterocycles. The number of carbonyl (C=O) groups is 2. The van der Waals surface area contributed by atoms with Gasteiger partial charge in [-0.2, -0.15) is 0 Å². The van der Waals surface area contributed by atoms with E-state index in [0.717, 1.165) is 31.1 Å². The van der Waals surface area contributed by atoms with Crippen LogP contribution in [0.4, 0.5) is 0 Å². The van der Waals surface area contributed by atoms with Gasteiger partial charge in [0.05, 0.1) is 6.54 Å². The van der Waals surface area contributed by atoms with Gasteiger partial charge < -0.3 is 10.0 Å². The molecule has 1 amide bonds. The second-order valence-corrected chi connectivity index (χ2v) is 8.63. The van der Waals surface area contributed by atoms with E-state index in [9.17, 15) is 14.7 Å². The van der Waals surface area contributed by atoms with Crippen LogP contribution in [0.5, 0.6) is 0 Å². The first-order valence-corrected chi connectivity index (χ1v) is 11.1. The zero-order valence-electron chi connectivity index (χ0n) is 18.1. The molecular weight excluding hydrogens is 338 g/mol. The smallest absolute Gasteiger partial charge is 0.261 e. The van der Waals surface area contributed by atoms with E-state index in [1.807, 2.05) is 0 Å². The summed E-state index contributed by atoms with van der Waals surface area (Å²) in [5.74, 6) is 1.12. The third-order valence-electron chi connectivity index (χ3n) is 5.87. The van der Waals surface area contributed by atoms with Gasteiger partial charge in [0.25, 0.3) is 5.91 Å². The average Bonchev–Trinajstić information content (AvgIpc) is 2.88. The highest BCUT2D eigenvalue weighted by atomic mass is 16.3. The standard InChI is InChI=1S/C23H41NO3/c1-5-18(2)16-19(3)14-12-10-8-6-7-9-11-13-15-20(25)22-21(26)17-24(4)23(22)27/h18-19,25H,5-17H2,1-4H3/b22-20-. The lowest BCUT2D eigenvalue weighted by atomic mass is 9.91. The van der Waals surface area contributed by atoms with Gasteiger partial charge in [0.1, 0.15) is 11.3 Å². The van der Waals surface area contributed by atoms with Crippen molar-refractivity contribution in [1.82, 2.24) is 4.90 Å². The molecule has 0 bridgehead atoms. The van der Waals surface area contributed by atoms with Gasteiger partial charge in [0, 0.05) is 13.5 Å². The molecule has 0 saturated carbocycles. The molecule has 2 atom stereocenters. The Morgan fingerprint density at radius 3 is 2.04 bits per heavy atom. The first kappa shape index (κ1) is 23.7. The Bertz CT molecular complexity index is 498. The minimum Gasteiger partial charge on any atom is -0.511 e. The van der Waals surface area contributed by atoms with E-state index in [1.54, 1.807) is 7.05 Å². The van der Waals surface area contributed by atoms with Gasteiger partial charge in [0.15, 0.2) is 5.78 Å². The summed E-state index contributed by atoms with van der Waals surface area (Å²) in [6.07, 6.45) is 14.1. The molecule has 1 aliphatic rings. The second-order valence-electron chi connectivity index (χ2n) is 8.63. The van der Waals surface area contributed by atoms with Crippen molar-refractivity contribution in [2.45, 2.75) is 97.8 Å². The van der Waals surface area contributed by atoms with Crippen LogP contribution in [-0.2, 0) is 9.59 Å². The molecule has 27 heavy (non-hydrogen) atoms. The van der Waals surface area contributed by atoms with Gasteiger partial charge in [-0.1, -0.05) is 78.6 Å². The maximum absolute atomic E-state index is 11.8. The number of likely N-dealkylation sites (tertiary alicyclic amines) is 1. The van der Waals surface area contributed by atoms with Crippen molar-refractivity contribution < 1.29 is 14.7 Å². The number of amides is 1. The monoisotopic (exact) mass is 379 g/mol. The number of unbranched alkanes of at least 4 members (excludes halogenated alkanes) is 7. The Morgan fingerprint density at radius 2 is 1.52 bits per heavy atom. The van der Waals surface area contributed by atoms with Crippen LogP contribution in [0.2, 0.25) is 0 Å². The van der Waals surface area contributed by atoms with Crippen LogP contribution >= 0.6 is 0 Å². The van der Waals surface area contributed by atoms with Crippen LogP contribution in [0.1, 0.15) is 97.8 Å². The van der Waals surface area contributed by atoms with E-state index < -0.39 is 0 Å². The summed E-state index contributed by atoms with van der Waals surface area (Å²) in [4.78, 5) is 24.9. The topological polar surface area (TPSA) is 57.6 Å². The average molecular weight is 380 g/mol. The van der Waals surface area contributed by atoms with E-state index in [2.05, 4.69) is 20.8 Å². The molecule has 0 radical (unpaired) electrons. The molecule has 0 aromatic heterocycles. The highest BCUT2D eigenvalue weighted by Crippen LogP contribution is 2.21. The summed E-state index contributed by atoms with van der Waals surface area (Å²) in [6, 6.07) is 0. The van der Waals surface area contributed by atoms with Gasteiger partial charge in [-0.15, -0.1) is 0 Å². The van der Waals surface area contributed by atoms with Crippen molar-refractivity contribution in [3.63, 3.8) is 0 Å². The number of nitrogens with zero attached hydrogens (tertiary/aromatic N) is 1. The molecule has 0 spiro atoms. The third kappa shape index (κ3) is 8.94. The second kappa shape index (κ2) is 13.0. The lowest BCUT2D eigenvalue weighted by Gasteiger charge is -2.15. The highest BCUT2D eigenvalue weighted by Gasteiger charge is 2.33. The van der Waals surface area contributed by atoms with Gasteiger partial charge in [0.2, 0.25) is 0 Å². The van der Waals surface area contributed by atoms with Crippen LogP contribution in [0, 0.1) is 11.8 Å². The molecule has 2 unspecified atom stereocenters. The third-order valence-corrected chi connectivity index (χ3v) is 5.87. The van der Waals surface area contributed by atoms with Crippen LogP contribution < -0.4 is 0 Å². The number of hydrogen-bond donors (Lipinski definition) is 1. The molecular formula is C23H41NO3. The van der Waals surface area contributed by atoms with E-state index in [0.29, 0.717) is 6.42 Å². The van der Waals surface area contributed by atoms with Crippen LogP contribution in [0.15, 0.2) is 11.3 Å². The van der Waals surface area contributed by atoms with E-state index in [4.69, 9.17) is 0 Å². The predicted molar refractivity (Wildman–Crippen MR) is 112 cm³/mol. The molecule has 0 aromatic rings. The maximum atomic E-state index is 11.8. The largest absolute Gasteiger partial charge is 0.511 e. The lowest BCUT2D eigenvalue weighted by molar-refractivity contribution is -0.123. The summed E-state index contributed by atoms with van der Waals surface area (Å²) in [7, 11) is 1.59. The molecule has 4 nitrogen and oxygen atoms in total. The van der Waals surface area contributed by atoms with Gasteiger partial charge in [-0.25, -0.2) is 0 Å². The van der Waals surface area contributed by atoms with Crippen molar-refractivity contribution in [3.8, 4) is 0 Å². The SMILES string of the molecule is CCC(C)CC(C)CCCCCCCCCC/C(O)=C1\C(=O)CN(C)C1=O. The van der Waals surface area contributed by atoms with Crippen LogP contribution in [0.3, 0.4) is 0 Å². The Hall–Kier alpha value is -1.32. The number of ketones is 1. The van der Waals surface area contributed by atoms with Crippen molar-refractivity contribution in [2.75, 3.05) is 13.6 Å². The Kier molecular flexibility index (Phi) is 11.4. The minimum atomic E-state index is -0.337. The van der Waals surface area contributed by atoms with E-state index in [1.165, 1.54) is 56.3 Å². The van der Waals surface area contributed by atoms with Crippen molar-refractivity contribution in [3.05, 3.63) is 11.3 Å². The maximum Gasteiger partial charge on any atom is 0.261 e. The number of aliphatic hydroxyl groups is 1. The van der Waals surface area contributed by atoms with Crippen LogP contribution in [-0.4, -0.2) is 35.3 Å². The number of Topliss-reactive ketones (excluding diaryl/α,β-unsaturated/α-hetero) is 1. The Balaban J connectivity index is 2.01. The summed E-state index contributed by atoms with van der Waals surface area (Å²) >= 11 is 0. The number of allylic oxidation sites excluding steroid dienone is 1. The molecule has 1 saturated heterocycles. The predicted octanol–water partition coefficient (Wildman–Crippen LogP) is 5.81. The molecule has 1 rings (SSSR count). The van der Waals surface area contributed by atoms with E-state index in [-0.39, 0.29) is 29.6 Å². The zero-order valence-corrected chi connectivity index (χ0v) is 18.1. The zero-order chi connectivity index (χ0) is 20.2. The molecule has 1 fully saturated rings. The fraction of sp³-hybridized carbons (Fsp3) is 0.826. The molecule has 0 aliphatic carbocycles. The number of carbonyl (C=O) groups excluding carboxylic acids is 2. The van der Waals surface area contributed by atoms with Crippen LogP contribution in [0.25, 0.3) is 0 Å². The van der Waals surface area contributed by atoms with Gasteiger partial charge in [-0.3, -0.25) is 9.59 Å². The summed E-state index contributed by atoms with van der Waals surface area (Å²) < 4.78 is 0. The number of rotatable bonds is 14. The van der Waals surface area contributed by atoms with Gasteiger partial charge >= 0.3 is 0 Å². The Labute approximate surface area is 166 Å².